The van der Waals surface area contributed by atoms with Gasteiger partial charge in [-0.25, -0.2) is 4.79 Å². The van der Waals surface area contributed by atoms with Crippen molar-refractivity contribution in [1.29, 1.82) is 0 Å². The molecule has 0 bridgehead atoms. The lowest BCUT2D eigenvalue weighted by molar-refractivity contribution is -0.139. The Kier molecular flexibility index (Phi) is 6.71. The second-order valence-corrected chi connectivity index (χ2v) is 6.11. The first-order chi connectivity index (χ1) is 12.0. The lowest BCUT2D eigenvalue weighted by Crippen LogP contribution is -2.42. The average molecular weight is 341 g/mol. The molecule has 25 heavy (non-hydrogen) atoms. The van der Waals surface area contributed by atoms with E-state index in [1.807, 2.05) is 56.3 Å². The van der Waals surface area contributed by atoms with Crippen LogP contribution in [0.4, 0.5) is 0 Å². The Labute approximate surface area is 147 Å². The van der Waals surface area contributed by atoms with E-state index >= 15 is 0 Å². The van der Waals surface area contributed by atoms with Gasteiger partial charge in [0.2, 0.25) is 0 Å². The third-order valence-electron chi connectivity index (χ3n) is 3.69. The molecule has 0 aliphatic rings. The molecule has 132 valence electrons. The van der Waals surface area contributed by atoms with Crippen molar-refractivity contribution in [3.05, 3.63) is 71.3 Å². The summed E-state index contributed by atoms with van der Waals surface area (Å²) in [7, 11) is 0. The van der Waals surface area contributed by atoms with Gasteiger partial charge in [-0.15, -0.1) is 0 Å². The van der Waals surface area contributed by atoms with Gasteiger partial charge in [0.15, 0.2) is 0 Å². The molecule has 2 N–H and O–H groups in total. The maximum Gasteiger partial charge on any atom is 0.326 e. The van der Waals surface area contributed by atoms with Gasteiger partial charge in [-0.2, -0.15) is 0 Å². The number of rotatable bonds is 8. The number of hydrogen-bond acceptors (Lipinski definition) is 3. The fourth-order valence-corrected chi connectivity index (χ4v) is 2.31. The van der Waals surface area contributed by atoms with Crippen LogP contribution in [0.2, 0.25) is 0 Å². The summed E-state index contributed by atoms with van der Waals surface area (Å²) in [6.45, 7) is 4.40. The lowest BCUT2D eigenvalue weighted by atomic mass is 10.1. The number of carbonyl (C=O) groups is 2. The molecule has 0 saturated heterocycles. The summed E-state index contributed by atoms with van der Waals surface area (Å²) in [5, 5.41) is 11.9. The first-order valence-corrected chi connectivity index (χ1v) is 8.24. The molecule has 0 radical (unpaired) electrons. The number of nitrogens with one attached hydrogen (secondary N) is 1. The van der Waals surface area contributed by atoms with Gasteiger partial charge in [0.1, 0.15) is 6.04 Å². The van der Waals surface area contributed by atoms with Gasteiger partial charge in [-0.1, -0.05) is 42.5 Å². The van der Waals surface area contributed by atoms with E-state index in [1.54, 1.807) is 12.1 Å². The zero-order chi connectivity index (χ0) is 18.2. The molecule has 1 amide bonds. The SMILES string of the molecule is CC(C)OCc1ccc(C(=O)NC(Cc2ccccc2)C(=O)O)cc1. The highest BCUT2D eigenvalue weighted by molar-refractivity contribution is 5.96. The Morgan fingerprint density at radius 1 is 1.00 bits per heavy atom. The minimum absolute atomic E-state index is 0.136. The summed E-state index contributed by atoms with van der Waals surface area (Å²) in [5.41, 5.74) is 2.24. The van der Waals surface area contributed by atoms with Gasteiger partial charge < -0.3 is 15.2 Å². The monoisotopic (exact) mass is 341 g/mol. The summed E-state index contributed by atoms with van der Waals surface area (Å²) in [6, 6.07) is 15.2. The third-order valence-corrected chi connectivity index (χ3v) is 3.69. The Balaban J connectivity index is 1.99. The molecule has 0 spiro atoms. The van der Waals surface area contributed by atoms with E-state index in [4.69, 9.17) is 4.74 Å². The Hall–Kier alpha value is -2.66. The first kappa shape index (κ1) is 18.7. The van der Waals surface area contributed by atoms with Gasteiger partial charge in [0.25, 0.3) is 5.91 Å². The second kappa shape index (κ2) is 8.99. The van der Waals surface area contributed by atoms with Gasteiger partial charge in [0.05, 0.1) is 12.7 Å². The average Bonchev–Trinajstić information content (AvgIpc) is 2.60. The van der Waals surface area contributed by atoms with Crippen molar-refractivity contribution >= 4 is 11.9 Å². The van der Waals surface area contributed by atoms with Crippen LogP contribution in [-0.4, -0.2) is 29.1 Å². The molecule has 1 atom stereocenters. The molecule has 0 saturated carbocycles. The maximum atomic E-state index is 12.3. The normalized spacial score (nSPS) is 12.0. The van der Waals surface area contributed by atoms with E-state index in [9.17, 15) is 14.7 Å². The van der Waals surface area contributed by atoms with Crippen molar-refractivity contribution in [2.24, 2.45) is 0 Å². The largest absolute Gasteiger partial charge is 0.480 e. The molecule has 2 aromatic rings. The van der Waals surface area contributed by atoms with Crippen molar-refractivity contribution in [3.8, 4) is 0 Å². The fourth-order valence-electron chi connectivity index (χ4n) is 2.31. The summed E-state index contributed by atoms with van der Waals surface area (Å²) in [5.74, 6) is -1.46. The topological polar surface area (TPSA) is 75.6 Å². The zero-order valence-electron chi connectivity index (χ0n) is 14.4. The molecule has 0 aromatic heterocycles. The highest BCUT2D eigenvalue weighted by Gasteiger charge is 2.21. The number of ether oxygens (including phenoxy) is 1. The van der Waals surface area contributed by atoms with Gasteiger partial charge in [-0.05, 0) is 37.1 Å². The highest BCUT2D eigenvalue weighted by Crippen LogP contribution is 2.09. The molecular formula is C20H23NO4. The van der Waals surface area contributed by atoms with Gasteiger partial charge in [0, 0.05) is 12.0 Å². The van der Waals surface area contributed by atoms with Crippen molar-refractivity contribution in [1.82, 2.24) is 5.32 Å². The summed E-state index contributed by atoms with van der Waals surface area (Å²) in [6.07, 6.45) is 0.375. The Morgan fingerprint density at radius 3 is 2.20 bits per heavy atom. The molecule has 5 nitrogen and oxygen atoms in total. The van der Waals surface area contributed by atoms with E-state index in [-0.39, 0.29) is 12.5 Å². The van der Waals surface area contributed by atoms with Crippen molar-refractivity contribution in [2.45, 2.75) is 39.0 Å². The zero-order valence-corrected chi connectivity index (χ0v) is 14.4. The predicted molar refractivity (Wildman–Crippen MR) is 95.4 cm³/mol. The minimum atomic E-state index is -1.06. The van der Waals surface area contributed by atoms with E-state index < -0.39 is 17.9 Å². The lowest BCUT2D eigenvalue weighted by Gasteiger charge is -2.15. The molecule has 2 aromatic carbocycles. The van der Waals surface area contributed by atoms with Gasteiger partial charge >= 0.3 is 5.97 Å². The summed E-state index contributed by atoms with van der Waals surface area (Å²) < 4.78 is 5.51. The van der Waals surface area contributed by atoms with Crippen LogP contribution in [0.1, 0.15) is 35.3 Å². The second-order valence-electron chi connectivity index (χ2n) is 6.11. The molecule has 0 heterocycles. The standard InChI is InChI=1S/C20H23NO4/c1-14(2)25-13-16-8-10-17(11-9-16)19(22)21-18(20(23)24)12-15-6-4-3-5-7-15/h3-11,14,18H,12-13H2,1-2H3,(H,21,22)(H,23,24). The molecule has 1 unspecified atom stereocenters. The van der Waals surface area contributed by atoms with Crippen LogP contribution in [0.15, 0.2) is 54.6 Å². The van der Waals surface area contributed by atoms with Crippen LogP contribution in [0.25, 0.3) is 0 Å². The minimum Gasteiger partial charge on any atom is -0.480 e. The smallest absolute Gasteiger partial charge is 0.326 e. The Morgan fingerprint density at radius 2 is 1.64 bits per heavy atom. The van der Waals surface area contributed by atoms with E-state index in [2.05, 4.69) is 5.32 Å². The summed E-state index contributed by atoms with van der Waals surface area (Å²) in [4.78, 5) is 23.8. The van der Waals surface area contributed by atoms with E-state index in [1.165, 1.54) is 0 Å². The van der Waals surface area contributed by atoms with Crippen molar-refractivity contribution in [2.75, 3.05) is 0 Å². The van der Waals surface area contributed by atoms with Crippen molar-refractivity contribution < 1.29 is 19.4 Å². The molecule has 0 fully saturated rings. The molecular weight excluding hydrogens is 318 g/mol. The number of hydrogen-bond donors (Lipinski definition) is 2. The van der Waals surface area contributed by atoms with Gasteiger partial charge in [-0.3, -0.25) is 4.79 Å². The Bertz CT molecular complexity index is 695. The van der Waals surface area contributed by atoms with Crippen LogP contribution in [0.3, 0.4) is 0 Å². The van der Waals surface area contributed by atoms with Crippen LogP contribution >= 0.6 is 0 Å². The van der Waals surface area contributed by atoms with Crippen LogP contribution in [-0.2, 0) is 22.6 Å². The van der Waals surface area contributed by atoms with Crippen LogP contribution in [0, 0.1) is 0 Å². The molecule has 2 rings (SSSR count). The number of carboxylic acids is 1. The summed E-state index contributed by atoms with van der Waals surface area (Å²) >= 11 is 0. The molecule has 5 heteroatoms. The van der Waals surface area contributed by atoms with E-state index in [0.717, 1.165) is 11.1 Å². The third kappa shape index (κ3) is 6.04. The fraction of sp³-hybridized carbons (Fsp3) is 0.300. The number of aliphatic carboxylic acids is 1. The van der Waals surface area contributed by atoms with E-state index in [0.29, 0.717) is 12.2 Å². The maximum absolute atomic E-state index is 12.3. The predicted octanol–water partition coefficient (Wildman–Crippen LogP) is 3.04. The van der Waals surface area contributed by atoms with Crippen LogP contribution < -0.4 is 5.32 Å². The molecule has 0 aliphatic heterocycles. The highest BCUT2D eigenvalue weighted by atomic mass is 16.5. The van der Waals surface area contributed by atoms with Crippen LogP contribution in [0.5, 0.6) is 0 Å². The number of benzene rings is 2. The number of carbonyl (C=O) groups excluding carboxylic acids is 1. The number of amides is 1. The first-order valence-electron chi connectivity index (χ1n) is 8.24. The molecule has 0 aliphatic carbocycles. The number of carboxylic acid groups (broad SMARTS) is 1. The quantitative estimate of drug-likeness (QED) is 0.774. The van der Waals surface area contributed by atoms with Crippen molar-refractivity contribution in [3.63, 3.8) is 0 Å².